The molecule has 0 atom stereocenters. The largest absolute Gasteiger partial charge is 0.506 e. The van der Waals surface area contributed by atoms with Crippen molar-refractivity contribution in [3.63, 3.8) is 0 Å². The summed E-state index contributed by atoms with van der Waals surface area (Å²) in [7, 11) is 0. The van der Waals surface area contributed by atoms with E-state index in [4.69, 9.17) is 4.74 Å². The molecule has 1 heterocycles. The predicted octanol–water partition coefficient (Wildman–Crippen LogP) is 2.14. The molecule has 17 heavy (non-hydrogen) atoms. The van der Waals surface area contributed by atoms with E-state index in [0.717, 1.165) is 5.56 Å². The average molecular weight is 229 g/mol. The van der Waals surface area contributed by atoms with Crippen LogP contribution >= 0.6 is 0 Å². The first-order chi connectivity index (χ1) is 8.25. The Morgan fingerprint density at radius 3 is 2.71 bits per heavy atom. The molecule has 1 aromatic carbocycles. The topological polar surface area (TPSA) is 59.4 Å². The number of hydrogen-bond donors (Lipinski definition) is 1. The van der Waals surface area contributed by atoms with E-state index >= 15 is 0 Å². The van der Waals surface area contributed by atoms with Gasteiger partial charge in [0.15, 0.2) is 0 Å². The van der Waals surface area contributed by atoms with Crippen molar-refractivity contribution in [2.24, 2.45) is 0 Å². The molecule has 4 nitrogen and oxygen atoms in total. The van der Waals surface area contributed by atoms with E-state index in [2.05, 4.69) is 4.98 Å². The Labute approximate surface area is 98.5 Å². The number of carbonyl (C=O) groups is 1. The second-order valence-corrected chi connectivity index (χ2v) is 3.49. The molecule has 0 aliphatic rings. The number of hydrogen-bond acceptors (Lipinski definition) is 4. The zero-order chi connectivity index (χ0) is 12.1. The molecule has 0 saturated carbocycles. The van der Waals surface area contributed by atoms with Crippen LogP contribution in [0, 0.1) is 0 Å². The fraction of sp³-hybridized carbons (Fsp3) is 0.0769. The molecule has 0 saturated heterocycles. The number of aromatic nitrogens is 1. The van der Waals surface area contributed by atoms with Crippen molar-refractivity contribution >= 4 is 5.97 Å². The van der Waals surface area contributed by atoms with Crippen LogP contribution in [0.1, 0.15) is 15.9 Å². The van der Waals surface area contributed by atoms with E-state index in [1.54, 1.807) is 0 Å². The van der Waals surface area contributed by atoms with Crippen LogP contribution in [0.25, 0.3) is 0 Å². The smallest absolute Gasteiger partial charge is 0.340 e. The van der Waals surface area contributed by atoms with Gasteiger partial charge in [-0.3, -0.25) is 4.98 Å². The van der Waals surface area contributed by atoms with Crippen molar-refractivity contribution in [3.05, 3.63) is 59.9 Å². The van der Waals surface area contributed by atoms with Gasteiger partial charge in [-0.15, -0.1) is 0 Å². The molecular formula is C13H11NO3. The first-order valence-corrected chi connectivity index (χ1v) is 5.11. The van der Waals surface area contributed by atoms with E-state index in [-0.39, 0.29) is 17.9 Å². The normalized spacial score (nSPS) is 9.88. The minimum absolute atomic E-state index is 0.0563. The van der Waals surface area contributed by atoms with Crippen molar-refractivity contribution < 1.29 is 14.6 Å². The van der Waals surface area contributed by atoms with E-state index in [1.807, 2.05) is 30.3 Å². The van der Waals surface area contributed by atoms with Gasteiger partial charge in [0.05, 0.1) is 11.8 Å². The third kappa shape index (κ3) is 3.04. The number of pyridine rings is 1. The third-order valence-corrected chi connectivity index (χ3v) is 2.17. The second kappa shape index (κ2) is 5.12. The molecule has 0 bridgehead atoms. The van der Waals surface area contributed by atoms with E-state index < -0.39 is 5.97 Å². The van der Waals surface area contributed by atoms with Crippen LogP contribution in [0.4, 0.5) is 0 Å². The third-order valence-electron chi connectivity index (χ3n) is 2.17. The van der Waals surface area contributed by atoms with E-state index in [0.29, 0.717) is 0 Å². The Balaban J connectivity index is 1.98. The van der Waals surface area contributed by atoms with Crippen LogP contribution in [-0.2, 0) is 11.3 Å². The first kappa shape index (κ1) is 11.1. The summed E-state index contributed by atoms with van der Waals surface area (Å²) in [5, 5.41) is 9.18. The number of benzene rings is 1. The molecule has 4 heteroatoms. The summed E-state index contributed by atoms with van der Waals surface area (Å²) in [4.78, 5) is 15.3. The lowest BCUT2D eigenvalue weighted by Gasteiger charge is -2.04. The molecule has 0 fully saturated rings. The highest BCUT2D eigenvalue weighted by Crippen LogP contribution is 2.10. The lowest BCUT2D eigenvalue weighted by Crippen LogP contribution is -2.05. The van der Waals surface area contributed by atoms with Gasteiger partial charge in [0.25, 0.3) is 0 Å². The maximum Gasteiger partial charge on any atom is 0.340 e. The van der Waals surface area contributed by atoms with E-state index in [9.17, 15) is 9.90 Å². The number of nitrogens with zero attached hydrogens (tertiary/aromatic N) is 1. The van der Waals surface area contributed by atoms with Gasteiger partial charge in [-0.1, -0.05) is 30.3 Å². The second-order valence-electron chi connectivity index (χ2n) is 3.49. The molecule has 1 N–H and O–H groups in total. The Kier molecular flexibility index (Phi) is 3.35. The average Bonchev–Trinajstić information content (AvgIpc) is 2.37. The van der Waals surface area contributed by atoms with E-state index in [1.165, 1.54) is 18.5 Å². The standard InChI is InChI=1S/C13H11NO3/c15-12-6-11(7-14-8-12)13(16)17-9-10-4-2-1-3-5-10/h1-8,15H,9H2. The van der Waals surface area contributed by atoms with Crippen LogP contribution in [0.15, 0.2) is 48.8 Å². The lowest BCUT2D eigenvalue weighted by molar-refractivity contribution is 0.0471. The first-order valence-electron chi connectivity index (χ1n) is 5.11. The Morgan fingerprint density at radius 1 is 1.24 bits per heavy atom. The van der Waals surface area contributed by atoms with Gasteiger partial charge in [0, 0.05) is 6.20 Å². The maximum atomic E-state index is 11.6. The highest BCUT2D eigenvalue weighted by Gasteiger charge is 2.08. The molecule has 2 rings (SSSR count). The van der Waals surface area contributed by atoms with Crippen molar-refractivity contribution in [1.29, 1.82) is 0 Å². The Bertz CT molecular complexity index is 511. The van der Waals surface area contributed by atoms with Gasteiger partial charge in [-0.25, -0.2) is 4.79 Å². The summed E-state index contributed by atoms with van der Waals surface area (Å²) in [6.45, 7) is 0.204. The Hall–Kier alpha value is -2.36. The molecule has 1 aromatic heterocycles. The maximum absolute atomic E-state index is 11.6. The van der Waals surface area contributed by atoms with Crippen LogP contribution < -0.4 is 0 Å². The summed E-state index contributed by atoms with van der Waals surface area (Å²) in [5.74, 6) is -0.559. The van der Waals surface area contributed by atoms with Gasteiger partial charge in [0.1, 0.15) is 12.4 Å². The molecule has 0 amide bonds. The summed E-state index contributed by atoms with van der Waals surface area (Å²) < 4.78 is 5.08. The van der Waals surface area contributed by atoms with Gasteiger partial charge < -0.3 is 9.84 Å². The number of ether oxygens (including phenoxy) is 1. The molecule has 2 aromatic rings. The van der Waals surface area contributed by atoms with Crippen molar-refractivity contribution in [2.45, 2.75) is 6.61 Å². The zero-order valence-corrected chi connectivity index (χ0v) is 9.04. The summed E-state index contributed by atoms with van der Waals surface area (Å²) in [5.41, 5.74) is 1.15. The molecule has 0 spiro atoms. The monoisotopic (exact) mass is 229 g/mol. The number of aromatic hydroxyl groups is 1. The van der Waals surface area contributed by atoms with Gasteiger partial charge in [-0.2, -0.15) is 0 Å². The van der Waals surface area contributed by atoms with Crippen LogP contribution in [0.2, 0.25) is 0 Å². The SMILES string of the molecule is O=C(OCc1ccccc1)c1cncc(O)c1. The molecule has 0 radical (unpaired) electrons. The van der Waals surface area contributed by atoms with Gasteiger partial charge in [0.2, 0.25) is 0 Å². The summed E-state index contributed by atoms with van der Waals surface area (Å²) >= 11 is 0. The molecule has 0 unspecified atom stereocenters. The van der Waals surface area contributed by atoms with Crippen molar-refractivity contribution in [3.8, 4) is 5.75 Å². The Morgan fingerprint density at radius 2 is 2.00 bits per heavy atom. The highest BCUT2D eigenvalue weighted by atomic mass is 16.5. The van der Waals surface area contributed by atoms with Crippen LogP contribution in [0.3, 0.4) is 0 Å². The fourth-order valence-electron chi connectivity index (χ4n) is 1.35. The van der Waals surface area contributed by atoms with Gasteiger partial charge in [-0.05, 0) is 11.6 Å². The number of carbonyl (C=O) groups excluding carboxylic acids is 1. The predicted molar refractivity (Wildman–Crippen MR) is 61.5 cm³/mol. The lowest BCUT2D eigenvalue weighted by atomic mass is 10.2. The quantitative estimate of drug-likeness (QED) is 0.819. The summed E-state index contributed by atoms with van der Waals surface area (Å²) in [6.07, 6.45) is 2.61. The highest BCUT2D eigenvalue weighted by molar-refractivity contribution is 5.89. The van der Waals surface area contributed by atoms with Crippen LogP contribution in [0.5, 0.6) is 5.75 Å². The minimum atomic E-state index is -0.503. The fourth-order valence-corrected chi connectivity index (χ4v) is 1.35. The van der Waals surface area contributed by atoms with Crippen molar-refractivity contribution in [2.75, 3.05) is 0 Å². The number of rotatable bonds is 3. The van der Waals surface area contributed by atoms with Crippen molar-refractivity contribution in [1.82, 2.24) is 4.98 Å². The zero-order valence-electron chi connectivity index (χ0n) is 9.04. The molecule has 0 aliphatic carbocycles. The molecular weight excluding hydrogens is 218 g/mol. The minimum Gasteiger partial charge on any atom is -0.506 e. The molecule has 0 aliphatic heterocycles. The summed E-state index contributed by atoms with van der Waals surface area (Å²) in [6, 6.07) is 10.7. The number of esters is 1. The van der Waals surface area contributed by atoms with Gasteiger partial charge >= 0.3 is 5.97 Å². The molecule has 86 valence electrons. The van der Waals surface area contributed by atoms with Crippen LogP contribution in [-0.4, -0.2) is 16.1 Å².